The minimum absolute atomic E-state index is 0.00480. The highest BCUT2D eigenvalue weighted by molar-refractivity contribution is 7.17. The quantitative estimate of drug-likeness (QED) is 0.740. The van der Waals surface area contributed by atoms with Gasteiger partial charge in [0.2, 0.25) is 5.82 Å². The van der Waals surface area contributed by atoms with Crippen LogP contribution in [0.1, 0.15) is 49.2 Å². The fourth-order valence-electron chi connectivity index (χ4n) is 3.17. The molecule has 1 aliphatic carbocycles. The van der Waals surface area contributed by atoms with Crippen LogP contribution in [0.2, 0.25) is 0 Å². The molecule has 1 aliphatic rings. The summed E-state index contributed by atoms with van der Waals surface area (Å²) in [6, 6.07) is 1.86. The molecular formula is C16H16N6O2S. The van der Waals surface area contributed by atoms with E-state index in [9.17, 15) is 9.59 Å². The van der Waals surface area contributed by atoms with Gasteiger partial charge in [-0.3, -0.25) is 9.59 Å². The largest absolute Gasteiger partial charge is 0.365 e. The van der Waals surface area contributed by atoms with Gasteiger partial charge in [0.15, 0.2) is 0 Å². The summed E-state index contributed by atoms with van der Waals surface area (Å²) in [4.78, 5) is 33.9. The first-order valence-electron chi connectivity index (χ1n) is 7.90. The van der Waals surface area contributed by atoms with Crippen LogP contribution in [-0.4, -0.2) is 31.4 Å². The second-order valence-corrected chi connectivity index (χ2v) is 7.17. The van der Waals surface area contributed by atoms with Crippen molar-refractivity contribution in [3.8, 4) is 0 Å². The normalized spacial score (nSPS) is 13.2. The van der Waals surface area contributed by atoms with Crippen molar-refractivity contribution >= 4 is 33.9 Å². The molecule has 0 radical (unpaired) electrons. The van der Waals surface area contributed by atoms with Gasteiger partial charge in [-0.05, 0) is 44.7 Å². The number of amides is 2. The monoisotopic (exact) mass is 356 g/mol. The number of nitrogens with one attached hydrogen (secondary N) is 1. The summed E-state index contributed by atoms with van der Waals surface area (Å²) in [6.07, 6.45) is 2.73. The van der Waals surface area contributed by atoms with Crippen molar-refractivity contribution in [2.75, 3.05) is 5.32 Å². The molecule has 0 aliphatic heterocycles. The van der Waals surface area contributed by atoms with E-state index >= 15 is 0 Å². The van der Waals surface area contributed by atoms with Gasteiger partial charge in [-0.25, -0.2) is 9.50 Å². The van der Waals surface area contributed by atoms with Crippen molar-refractivity contribution in [1.29, 1.82) is 0 Å². The molecule has 128 valence electrons. The lowest BCUT2D eigenvalue weighted by atomic mass is 10.1. The van der Waals surface area contributed by atoms with Crippen LogP contribution >= 0.6 is 11.3 Å². The van der Waals surface area contributed by atoms with Crippen LogP contribution in [0.4, 0.5) is 5.00 Å². The Morgan fingerprint density at radius 1 is 1.28 bits per heavy atom. The number of hydrogen-bond donors (Lipinski definition) is 2. The van der Waals surface area contributed by atoms with Gasteiger partial charge in [0, 0.05) is 16.3 Å². The van der Waals surface area contributed by atoms with Crippen LogP contribution < -0.4 is 11.1 Å². The van der Waals surface area contributed by atoms with Crippen LogP contribution in [0.3, 0.4) is 0 Å². The number of carbonyl (C=O) groups excluding carboxylic acids is 2. The summed E-state index contributed by atoms with van der Waals surface area (Å²) >= 11 is 1.40. The first kappa shape index (κ1) is 15.7. The van der Waals surface area contributed by atoms with Crippen molar-refractivity contribution < 1.29 is 9.59 Å². The highest BCUT2D eigenvalue weighted by Crippen LogP contribution is 2.38. The molecule has 25 heavy (non-hydrogen) atoms. The zero-order valence-electron chi connectivity index (χ0n) is 13.8. The summed E-state index contributed by atoms with van der Waals surface area (Å²) in [6.45, 7) is 3.72. The van der Waals surface area contributed by atoms with Crippen LogP contribution in [0.15, 0.2) is 6.07 Å². The summed E-state index contributed by atoms with van der Waals surface area (Å²) in [7, 11) is 0. The molecule has 8 nitrogen and oxygen atoms in total. The number of nitrogens with zero attached hydrogens (tertiary/aromatic N) is 4. The van der Waals surface area contributed by atoms with Gasteiger partial charge in [-0.15, -0.1) is 16.4 Å². The molecule has 0 fully saturated rings. The molecule has 0 aromatic carbocycles. The van der Waals surface area contributed by atoms with E-state index in [-0.39, 0.29) is 5.82 Å². The van der Waals surface area contributed by atoms with Gasteiger partial charge >= 0.3 is 0 Å². The summed E-state index contributed by atoms with van der Waals surface area (Å²) in [5.74, 6) is -0.632. The molecule has 3 heterocycles. The molecule has 3 aromatic rings. The number of anilines is 1. The zero-order valence-corrected chi connectivity index (χ0v) is 14.6. The topological polar surface area (TPSA) is 115 Å². The number of aryl methyl sites for hydroxylation is 3. The molecule has 0 bridgehead atoms. The SMILES string of the molecule is Cc1cc(C)n2nc(C(=O)Nc3sc4c(c3C(N)=O)CCC4)nc2n1. The molecule has 0 atom stereocenters. The molecule has 0 spiro atoms. The first-order chi connectivity index (χ1) is 11.9. The Kier molecular flexibility index (Phi) is 3.53. The molecule has 3 N–H and O–H groups in total. The predicted molar refractivity (Wildman–Crippen MR) is 93.1 cm³/mol. The smallest absolute Gasteiger partial charge is 0.296 e. The van der Waals surface area contributed by atoms with Crippen molar-refractivity contribution in [3.05, 3.63) is 39.3 Å². The van der Waals surface area contributed by atoms with Crippen molar-refractivity contribution in [2.45, 2.75) is 33.1 Å². The predicted octanol–water partition coefficient (Wildman–Crippen LogP) is 1.64. The van der Waals surface area contributed by atoms with Crippen molar-refractivity contribution in [1.82, 2.24) is 19.6 Å². The maximum absolute atomic E-state index is 12.6. The molecule has 4 rings (SSSR count). The molecule has 3 aromatic heterocycles. The van der Waals surface area contributed by atoms with Gasteiger partial charge in [0.25, 0.3) is 17.6 Å². The van der Waals surface area contributed by atoms with Crippen LogP contribution in [0, 0.1) is 13.8 Å². The van der Waals surface area contributed by atoms with E-state index in [1.54, 1.807) is 0 Å². The number of hydrogen-bond acceptors (Lipinski definition) is 6. The Bertz CT molecular complexity index is 1040. The lowest BCUT2D eigenvalue weighted by molar-refractivity contribution is 0.100. The van der Waals surface area contributed by atoms with Crippen LogP contribution in [0.5, 0.6) is 0 Å². The highest BCUT2D eigenvalue weighted by atomic mass is 32.1. The number of primary amides is 1. The van der Waals surface area contributed by atoms with Gasteiger partial charge in [-0.1, -0.05) is 0 Å². The van der Waals surface area contributed by atoms with Crippen LogP contribution in [0.25, 0.3) is 5.78 Å². The number of nitrogens with two attached hydrogens (primary N) is 1. The van der Waals surface area contributed by atoms with Gasteiger partial charge < -0.3 is 11.1 Å². The Balaban J connectivity index is 1.69. The van der Waals surface area contributed by atoms with Crippen LogP contribution in [-0.2, 0) is 12.8 Å². The molecule has 2 amide bonds. The maximum atomic E-state index is 12.6. The second kappa shape index (κ2) is 5.62. The Morgan fingerprint density at radius 2 is 2.08 bits per heavy atom. The fraction of sp³-hybridized carbons (Fsp3) is 0.312. The van der Waals surface area contributed by atoms with E-state index < -0.39 is 11.8 Å². The standard InChI is InChI=1S/C16H16N6O2S/c1-7-6-8(2)22-16(18-7)19-13(21-22)14(24)20-15-11(12(17)23)9-4-3-5-10(9)25-15/h6H,3-5H2,1-2H3,(H2,17,23)(H,20,24). The van der Waals surface area contributed by atoms with E-state index in [0.29, 0.717) is 16.3 Å². The maximum Gasteiger partial charge on any atom is 0.296 e. The second-order valence-electron chi connectivity index (χ2n) is 6.07. The Hall–Kier alpha value is -2.81. The van der Waals surface area contributed by atoms with E-state index in [2.05, 4.69) is 20.4 Å². The third-order valence-corrected chi connectivity index (χ3v) is 5.42. The lowest BCUT2D eigenvalue weighted by Gasteiger charge is -2.03. The van der Waals surface area contributed by atoms with Gasteiger partial charge in [0.05, 0.1) is 5.56 Å². The summed E-state index contributed by atoms with van der Waals surface area (Å²) in [5.41, 5.74) is 8.53. The molecule has 0 unspecified atom stereocenters. The highest BCUT2D eigenvalue weighted by Gasteiger charge is 2.27. The minimum Gasteiger partial charge on any atom is -0.365 e. The van der Waals surface area contributed by atoms with Gasteiger partial charge in [0.1, 0.15) is 5.00 Å². The summed E-state index contributed by atoms with van der Waals surface area (Å²) in [5, 5.41) is 7.43. The zero-order chi connectivity index (χ0) is 17.7. The van der Waals surface area contributed by atoms with E-state index in [1.807, 2.05) is 19.9 Å². The van der Waals surface area contributed by atoms with E-state index in [4.69, 9.17) is 5.73 Å². The third kappa shape index (κ3) is 2.56. The van der Waals surface area contributed by atoms with Crippen molar-refractivity contribution in [2.24, 2.45) is 5.73 Å². The lowest BCUT2D eigenvalue weighted by Crippen LogP contribution is -2.18. The molecule has 0 saturated heterocycles. The average molecular weight is 356 g/mol. The Labute approximate surface area is 147 Å². The minimum atomic E-state index is -0.522. The average Bonchev–Trinajstić information content (AvgIpc) is 3.19. The molecular weight excluding hydrogens is 340 g/mol. The third-order valence-electron chi connectivity index (χ3n) is 4.22. The molecule has 0 saturated carbocycles. The number of thiophene rings is 1. The van der Waals surface area contributed by atoms with E-state index in [0.717, 1.165) is 41.1 Å². The Morgan fingerprint density at radius 3 is 2.84 bits per heavy atom. The number of aromatic nitrogens is 4. The first-order valence-corrected chi connectivity index (χ1v) is 8.72. The fourth-order valence-corrected chi connectivity index (χ4v) is 4.46. The number of carbonyl (C=O) groups is 2. The number of fused-ring (bicyclic) bond motifs is 2. The summed E-state index contributed by atoms with van der Waals surface area (Å²) < 4.78 is 1.52. The van der Waals surface area contributed by atoms with Crippen molar-refractivity contribution in [3.63, 3.8) is 0 Å². The van der Waals surface area contributed by atoms with Gasteiger partial charge in [-0.2, -0.15) is 4.98 Å². The molecule has 9 heteroatoms. The van der Waals surface area contributed by atoms with E-state index in [1.165, 1.54) is 15.9 Å². The number of rotatable bonds is 3.